The van der Waals surface area contributed by atoms with Crippen molar-refractivity contribution >= 4 is 33.4 Å². The molecule has 0 aliphatic rings. The topological polar surface area (TPSA) is 54.3 Å². The van der Waals surface area contributed by atoms with Gasteiger partial charge in [0, 0.05) is 28.6 Å². The second-order valence-corrected chi connectivity index (χ2v) is 7.50. The van der Waals surface area contributed by atoms with Crippen LogP contribution in [0.15, 0.2) is 65.1 Å². The van der Waals surface area contributed by atoms with E-state index in [1.54, 1.807) is 13.1 Å². The minimum atomic E-state index is -0.250. The van der Waals surface area contributed by atoms with Gasteiger partial charge >= 0.3 is 0 Å². The van der Waals surface area contributed by atoms with Crippen LogP contribution in [0.2, 0.25) is 0 Å². The largest absolute Gasteiger partial charge is 0.332 e. The summed E-state index contributed by atoms with van der Waals surface area (Å²) < 4.78 is 2.84. The molecule has 3 aromatic rings. The van der Waals surface area contributed by atoms with Gasteiger partial charge in [-0.3, -0.25) is 9.59 Å². The minimum absolute atomic E-state index is 0.0326. The highest BCUT2D eigenvalue weighted by Gasteiger charge is 2.21. The summed E-state index contributed by atoms with van der Waals surface area (Å²) in [5.74, 6) is -0.433. The number of para-hydroxylation sites is 2. The molecule has 0 unspecified atom stereocenters. The number of rotatable bonds is 5. The Hall–Kier alpha value is -2.86. The fourth-order valence-corrected chi connectivity index (χ4v) is 3.58. The van der Waals surface area contributed by atoms with Gasteiger partial charge < -0.3 is 14.8 Å². The third kappa shape index (κ3) is 4.17. The van der Waals surface area contributed by atoms with E-state index in [1.807, 2.05) is 73.0 Å². The Bertz CT molecular complexity index is 1010. The molecule has 6 heteroatoms. The van der Waals surface area contributed by atoms with Crippen molar-refractivity contribution in [2.75, 3.05) is 18.9 Å². The molecule has 0 bridgehead atoms. The summed E-state index contributed by atoms with van der Waals surface area (Å²) in [6, 6.07) is 19.1. The predicted octanol–water partition coefficient (Wildman–Crippen LogP) is 4.57. The number of aromatic nitrogens is 1. The molecule has 0 radical (unpaired) electrons. The first kappa shape index (κ1) is 19.9. The van der Waals surface area contributed by atoms with Crippen molar-refractivity contribution in [3.63, 3.8) is 0 Å². The summed E-state index contributed by atoms with van der Waals surface area (Å²) in [5, 5.41) is 2.82. The molecule has 0 aliphatic heterocycles. The quantitative estimate of drug-likeness (QED) is 0.632. The molecule has 2 amide bonds. The molecule has 3 rings (SSSR count). The zero-order valence-corrected chi connectivity index (χ0v) is 17.7. The number of amides is 2. The number of hydrogen-bond acceptors (Lipinski definition) is 2. The van der Waals surface area contributed by atoms with Crippen LogP contribution in [0.4, 0.5) is 5.69 Å². The average molecular weight is 440 g/mol. The van der Waals surface area contributed by atoms with Crippen LogP contribution in [0, 0.1) is 13.8 Å². The Balaban J connectivity index is 1.75. The second-order valence-electron chi connectivity index (χ2n) is 6.65. The van der Waals surface area contributed by atoms with Gasteiger partial charge in [-0.15, -0.1) is 0 Å². The lowest BCUT2D eigenvalue weighted by Crippen LogP contribution is -2.35. The number of carbonyl (C=O) groups is 2. The zero-order chi connectivity index (χ0) is 20.3. The lowest BCUT2D eigenvalue weighted by atomic mass is 10.2. The van der Waals surface area contributed by atoms with Gasteiger partial charge in [-0.25, -0.2) is 0 Å². The van der Waals surface area contributed by atoms with E-state index in [1.165, 1.54) is 4.90 Å². The molecule has 1 N–H and O–H groups in total. The van der Waals surface area contributed by atoms with E-state index in [4.69, 9.17) is 0 Å². The lowest BCUT2D eigenvalue weighted by molar-refractivity contribution is -0.116. The number of anilines is 1. The van der Waals surface area contributed by atoms with Gasteiger partial charge in [0.2, 0.25) is 5.91 Å². The minimum Gasteiger partial charge on any atom is -0.332 e. The number of nitrogens with zero attached hydrogens (tertiary/aromatic N) is 2. The molecule has 5 nitrogen and oxygen atoms in total. The number of hydrogen-bond donors (Lipinski definition) is 1. The van der Waals surface area contributed by atoms with E-state index < -0.39 is 0 Å². The Labute approximate surface area is 173 Å². The average Bonchev–Trinajstić information content (AvgIpc) is 2.97. The van der Waals surface area contributed by atoms with Crippen molar-refractivity contribution in [1.29, 1.82) is 0 Å². The number of likely N-dealkylation sites (N-methyl/N-ethyl adjacent to an activating group) is 1. The number of benzene rings is 2. The van der Waals surface area contributed by atoms with Gasteiger partial charge in [-0.2, -0.15) is 0 Å². The van der Waals surface area contributed by atoms with Gasteiger partial charge in [0.05, 0.1) is 17.8 Å². The van der Waals surface area contributed by atoms with Crippen LogP contribution in [0.1, 0.15) is 21.7 Å². The number of nitrogens with one attached hydrogen (secondary N) is 1. The van der Waals surface area contributed by atoms with Crippen LogP contribution in [-0.2, 0) is 4.79 Å². The zero-order valence-electron chi connectivity index (χ0n) is 16.1. The van der Waals surface area contributed by atoms with Crippen LogP contribution in [0.5, 0.6) is 0 Å². The normalized spacial score (nSPS) is 10.6. The summed E-state index contributed by atoms with van der Waals surface area (Å²) in [6.45, 7) is 3.85. The molecule has 0 atom stereocenters. The van der Waals surface area contributed by atoms with Crippen molar-refractivity contribution in [3.05, 3.63) is 82.1 Å². The molecule has 0 saturated heterocycles. The van der Waals surface area contributed by atoms with Crippen LogP contribution in [0.25, 0.3) is 5.69 Å². The fourth-order valence-electron chi connectivity index (χ4n) is 3.20. The molecule has 0 fully saturated rings. The van der Waals surface area contributed by atoms with Crippen molar-refractivity contribution in [3.8, 4) is 5.69 Å². The van der Waals surface area contributed by atoms with Gasteiger partial charge in [0.25, 0.3) is 5.91 Å². The van der Waals surface area contributed by atoms with Gasteiger partial charge in [-0.1, -0.05) is 30.3 Å². The van der Waals surface area contributed by atoms with Crippen molar-refractivity contribution in [2.24, 2.45) is 0 Å². The number of carbonyl (C=O) groups excluding carboxylic acids is 2. The number of aryl methyl sites for hydroxylation is 1. The fraction of sp³-hybridized carbons (Fsp3) is 0.182. The highest BCUT2D eigenvalue weighted by molar-refractivity contribution is 9.10. The molecule has 144 valence electrons. The molecule has 0 saturated carbocycles. The maximum Gasteiger partial charge on any atom is 0.255 e. The van der Waals surface area contributed by atoms with Gasteiger partial charge in [0.1, 0.15) is 0 Å². The van der Waals surface area contributed by atoms with Crippen molar-refractivity contribution < 1.29 is 9.59 Å². The van der Waals surface area contributed by atoms with E-state index in [9.17, 15) is 9.59 Å². The van der Waals surface area contributed by atoms with Crippen molar-refractivity contribution in [1.82, 2.24) is 9.47 Å². The monoisotopic (exact) mass is 439 g/mol. The third-order valence-corrected chi connectivity index (χ3v) is 5.24. The first-order valence-electron chi connectivity index (χ1n) is 8.92. The highest BCUT2D eigenvalue weighted by atomic mass is 79.9. The van der Waals surface area contributed by atoms with Crippen molar-refractivity contribution in [2.45, 2.75) is 13.8 Å². The molecule has 0 aliphatic carbocycles. The van der Waals surface area contributed by atoms with Crippen LogP contribution < -0.4 is 5.32 Å². The second kappa shape index (κ2) is 8.44. The SMILES string of the molecule is Cc1cc(C(=O)N(C)CC(=O)Nc2ccccc2Br)c(C)n1-c1ccccc1. The standard InChI is InChI=1S/C22H22BrN3O2/c1-15-13-18(16(2)26(15)17-9-5-4-6-10-17)22(28)25(3)14-21(27)24-20-12-8-7-11-19(20)23/h4-13H,14H2,1-3H3,(H,24,27). The van der Waals surface area contributed by atoms with Gasteiger partial charge in [0.15, 0.2) is 0 Å². The maximum absolute atomic E-state index is 12.9. The summed E-state index contributed by atoms with van der Waals surface area (Å²) in [7, 11) is 1.64. The summed E-state index contributed by atoms with van der Waals surface area (Å²) >= 11 is 3.40. The molecular formula is C22H22BrN3O2. The van der Waals surface area contributed by atoms with Crippen LogP contribution in [-0.4, -0.2) is 34.9 Å². The summed E-state index contributed by atoms with van der Waals surface area (Å²) in [5.41, 5.74) is 4.10. The summed E-state index contributed by atoms with van der Waals surface area (Å²) in [4.78, 5) is 26.7. The Kier molecular flexibility index (Phi) is 5.99. The highest BCUT2D eigenvalue weighted by Crippen LogP contribution is 2.23. The Morgan fingerprint density at radius 1 is 1.04 bits per heavy atom. The summed E-state index contributed by atoms with van der Waals surface area (Å²) in [6.07, 6.45) is 0. The Morgan fingerprint density at radius 2 is 1.68 bits per heavy atom. The van der Waals surface area contributed by atoms with E-state index >= 15 is 0 Å². The van der Waals surface area contributed by atoms with Crippen LogP contribution >= 0.6 is 15.9 Å². The first-order chi connectivity index (χ1) is 13.4. The molecular weight excluding hydrogens is 418 g/mol. The molecule has 28 heavy (non-hydrogen) atoms. The molecule has 1 heterocycles. The molecule has 1 aromatic heterocycles. The lowest BCUT2D eigenvalue weighted by Gasteiger charge is -2.17. The van der Waals surface area contributed by atoms with Gasteiger partial charge in [-0.05, 0) is 60.1 Å². The van der Waals surface area contributed by atoms with Crippen LogP contribution in [0.3, 0.4) is 0 Å². The van der Waals surface area contributed by atoms with E-state index in [2.05, 4.69) is 21.2 Å². The maximum atomic E-state index is 12.9. The molecule has 0 spiro atoms. The third-order valence-electron chi connectivity index (χ3n) is 4.55. The van der Waals surface area contributed by atoms with E-state index in [-0.39, 0.29) is 18.4 Å². The number of halogens is 1. The predicted molar refractivity (Wildman–Crippen MR) is 115 cm³/mol. The molecule has 2 aromatic carbocycles. The van der Waals surface area contributed by atoms with E-state index in [0.717, 1.165) is 21.5 Å². The van der Waals surface area contributed by atoms with E-state index in [0.29, 0.717) is 11.3 Å². The first-order valence-corrected chi connectivity index (χ1v) is 9.72. The Morgan fingerprint density at radius 3 is 2.36 bits per heavy atom. The smallest absolute Gasteiger partial charge is 0.255 e.